The Morgan fingerprint density at radius 1 is 0.929 bits per heavy atom. The molecule has 0 aliphatic heterocycles. The van der Waals surface area contributed by atoms with E-state index >= 15 is 0 Å². The maximum absolute atomic E-state index is 13.1. The van der Waals surface area contributed by atoms with Crippen molar-refractivity contribution >= 4 is 21.2 Å². The summed E-state index contributed by atoms with van der Waals surface area (Å²) < 4.78 is 51.3. The first-order chi connectivity index (χ1) is 6.50. The van der Waals surface area contributed by atoms with Gasteiger partial charge in [-0.2, -0.15) is 0 Å². The van der Waals surface area contributed by atoms with E-state index in [2.05, 4.69) is 0 Å². The molecule has 14 heavy (non-hydrogen) atoms. The number of halogens is 4. The molecule has 2 radical (unpaired) electrons. The Morgan fingerprint density at radius 3 is 1.93 bits per heavy atom. The van der Waals surface area contributed by atoms with Gasteiger partial charge in [-0.3, -0.25) is 0 Å². The van der Waals surface area contributed by atoms with Crippen LogP contribution in [0.4, 0.5) is 17.6 Å². The van der Waals surface area contributed by atoms with E-state index < -0.39 is 23.3 Å². The summed E-state index contributed by atoms with van der Waals surface area (Å²) in [5.41, 5.74) is -0.107. The molecule has 0 nitrogen and oxygen atoms in total. The van der Waals surface area contributed by atoms with E-state index in [1.165, 1.54) is 0 Å². The molecular weight excluding hydrogens is 259 g/mol. The van der Waals surface area contributed by atoms with Crippen molar-refractivity contribution in [2.75, 3.05) is 0 Å². The molecule has 1 aromatic carbocycles. The minimum atomic E-state index is -1.75. The zero-order valence-corrected chi connectivity index (χ0v) is 9.25. The van der Waals surface area contributed by atoms with Crippen LogP contribution < -0.4 is 4.35 Å². The summed E-state index contributed by atoms with van der Waals surface area (Å²) >= 11 is 1.73. The number of hydrogen-bond acceptors (Lipinski definition) is 0. The fraction of sp³-hybridized carbons (Fsp3) is 0.333. The summed E-state index contributed by atoms with van der Waals surface area (Å²) in [6, 6.07) is 0. The Morgan fingerprint density at radius 2 is 1.43 bits per heavy atom. The van der Waals surface area contributed by atoms with Crippen LogP contribution in [0.3, 0.4) is 0 Å². The standard InChI is InChI=1S/C9H7AsF4/c1-2-3-4-5(10)7(12)9(14)8(13)6(4)11/h2-3H2,1H3. The zero-order valence-electron chi connectivity index (χ0n) is 7.37. The van der Waals surface area contributed by atoms with Crippen molar-refractivity contribution in [1.82, 2.24) is 0 Å². The molecular formula is C9H7AsF4. The van der Waals surface area contributed by atoms with E-state index in [0.29, 0.717) is 6.42 Å². The van der Waals surface area contributed by atoms with Gasteiger partial charge in [0.05, 0.1) is 0 Å². The molecule has 1 aromatic rings. The summed E-state index contributed by atoms with van der Waals surface area (Å²) in [4.78, 5) is 0. The van der Waals surface area contributed by atoms with Gasteiger partial charge in [0.1, 0.15) is 0 Å². The summed E-state index contributed by atoms with van der Waals surface area (Å²) in [5.74, 6) is -6.10. The van der Waals surface area contributed by atoms with Crippen LogP contribution in [0.25, 0.3) is 0 Å². The van der Waals surface area contributed by atoms with E-state index in [9.17, 15) is 17.6 Å². The first-order valence-electron chi connectivity index (χ1n) is 4.04. The average Bonchev–Trinajstić information content (AvgIpc) is 2.19. The SMILES string of the molecule is CCCc1c(F)c(F)c(F)c(F)c1[As]. The van der Waals surface area contributed by atoms with Crippen molar-refractivity contribution in [3.05, 3.63) is 28.8 Å². The summed E-state index contributed by atoms with van der Waals surface area (Å²) in [5, 5.41) is 0. The fourth-order valence-electron chi connectivity index (χ4n) is 1.14. The van der Waals surface area contributed by atoms with Crippen molar-refractivity contribution in [3.8, 4) is 0 Å². The van der Waals surface area contributed by atoms with Gasteiger partial charge < -0.3 is 0 Å². The molecule has 0 fully saturated rings. The van der Waals surface area contributed by atoms with Gasteiger partial charge in [-0.15, -0.1) is 0 Å². The molecule has 0 heterocycles. The Balaban J connectivity index is 3.43. The van der Waals surface area contributed by atoms with Crippen LogP contribution in [0, 0.1) is 23.3 Å². The van der Waals surface area contributed by atoms with Gasteiger partial charge in [0, 0.05) is 0 Å². The van der Waals surface area contributed by atoms with Crippen LogP contribution in [0.5, 0.6) is 0 Å². The van der Waals surface area contributed by atoms with Crippen LogP contribution in [0.15, 0.2) is 0 Å². The predicted molar refractivity (Wildman–Crippen MR) is 45.7 cm³/mol. The second-order valence-electron chi connectivity index (χ2n) is 2.83. The quantitative estimate of drug-likeness (QED) is 0.332. The Hall–Kier alpha value is -0.502. The van der Waals surface area contributed by atoms with E-state index in [0.717, 1.165) is 0 Å². The van der Waals surface area contributed by atoms with Gasteiger partial charge >= 0.3 is 87.4 Å². The van der Waals surface area contributed by atoms with Crippen LogP contribution in [0.1, 0.15) is 18.9 Å². The Bertz CT molecular complexity index is 333. The van der Waals surface area contributed by atoms with Crippen LogP contribution in [-0.4, -0.2) is 16.9 Å². The van der Waals surface area contributed by atoms with E-state index in [-0.39, 0.29) is 16.3 Å². The van der Waals surface area contributed by atoms with Gasteiger partial charge in [0.2, 0.25) is 0 Å². The van der Waals surface area contributed by atoms with Crippen molar-refractivity contribution < 1.29 is 17.6 Å². The van der Waals surface area contributed by atoms with Gasteiger partial charge in [-0.1, -0.05) is 0 Å². The molecule has 76 valence electrons. The molecule has 0 bridgehead atoms. The molecule has 5 heteroatoms. The van der Waals surface area contributed by atoms with Crippen molar-refractivity contribution in [1.29, 1.82) is 0 Å². The number of hydrogen-bond donors (Lipinski definition) is 0. The van der Waals surface area contributed by atoms with Gasteiger partial charge in [0.15, 0.2) is 0 Å². The van der Waals surface area contributed by atoms with Crippen molar-refractivity contribution in [2.45, 2.75) is 19.8 Å². The molecule has 0 unspecified atom stereocenters. The summed E-state index contributed by atoms with van der Waals surface area (Å²) in [7, 11) is 0. The maximum atomic E-state index is 13.1. The Kier molecular flexibility index (Phi) is 3.59. The van der Waals surface area contributed by atoms with E-state index in [1.807, 2.05) is 0 Å². The normalized spacial score (nSPS) is 10.7. The summed E-state index contributed by atoms with van der Waals surface area (Å²) in [6.07, 6.45) is 0.718. The van der Waals surface area contributed by atoms with Crippen molar-refractivity contribution in [2.24, 2.45) is 0 Å². The molecule has 1 rings (SSSR count). The fourth-order valence-corrected chi connectivity index (χ4v) is 1.79. The third kappa shape index (κ3) is 1.80. The van der Waals surface area contributed by atoms with E-state index in [4.69, 9.17) is 0 Å². The third-order valence-corrected chi connectivity index (χ3v) is 2.82. The zero-order chi connectivity index (χ0) is 10.9. The molecule has 0 spiro atoms. The molecule has 0 saturated carbocycles. The Labute approximate surface area is 87.8 Å². The average molecular weight is 266 g/mol. The molecule has 0 aliphatic rings. The monoisotopic (exact) mass is 266 g/mol. The van der Waals surface area contributed by atoms with Crippen LogP contribution in [-0.2, 0) is 6.42 Å². The van der Waals surface area contributed by atoms with Gasteiger partial charge in [-0.05, 0) is 0 Å². The molecule has 0 N–H and O–H groups in total. The van der Waals surface area contributed by atoms with Crippen LogP contribution >= 0.6 is 0 Å². The molecule has 0 aliphatic carbocycles. The second kappa shape index (κ2) is 4.35. The summed E-state index contributed by atoms with van der Waals surface area (Å²) in [6.45, 7) is 1.74. The molecule has 0 saturated heterocycles. The second-order valence-corrected chi connectivity index (χ2v) is 3.77. The molecule has 0 amide bonds. The third-order valence-electron chi connectivity index (χ3n) is 1.84. The number of benzene rings is 1. The van der Waals surface area contributed by atoms with E-state index in [1.54, 1.807) is 23.8 Å². The molecule has 0 atom stereocenters. The minimum absolute atomic E-state index is 0.107. The molecule has 0 aromatic heterocycles. The first-order valence-corrected chi connectivity index (χ1v) is 4.98. The topological polar surface area (TPSA) is 0 Å². The predicted octanol–water partition coefficient (Wildman–Crippen LogP) is 1.99. The van der Waals surface area contributed by atoms with Crippen molar-refractivity contribution in [3.63, 3.8) is 0 Å². The van der Waals surface area contributed by atoms with Crippen LogP contribution in [0.2, 0.25) is 0 Å². The first kappa shape index (κ1) is 11.6. The van der Waals surface area contributed by atoms with Gasteiger partial charge in [0.25, 0.3) is 0 Å². The van der Waals surface area contributed by atoms with Gasteiger partial charge in [-0.25, -0.2) is 0 Å². The number of rotatable bonds is 2.